The molecule has 0 aliphatic heterocycles. The van der Waals surface area contributed by atoms with Crippen molar-refractivity contribution in [2.75, 3.05) is 0 Å². The molecule has 4 nitrogen and oxygen atoms in total. The highest BCUT2D eigenvalue weighted by molar-refractivity contribution is 6.33. The highest BCUT2D eigenvalue weighted by atomic mass is 35.5. The van der Waals surface area contributed by atoms with Gasteiger partial charge < -0.3 is 0 Å². The molecule has 15 heavy (non-hydrogen) atoms. The quantitative estimate of drug-likeness (QED) is 0.474. The van der Waals surface area contributed by atoms with Gasteiger partial charge in [0.15, 0.2) is 0 Å². The summed E-state index contributed by atoms with van der Waals surface area (Å²) >= 11 is 10.8. The molecule has 0 atom stereocenters. The van der Waals surface area contributed by atoms with Crippen molar-refractivity contribution in [2.24, 2.45) is 0 Å². The fourth-order valence-corrected chi connectivity index (χ4v) is 1.32. The van der Waals surface area contributed by atoms with Gasteiger partial charge in [-0.3, -0.25) is 10.1 Å². The lowest BCUT2D eigenvalue weighted by molar-refractivity contribution is -0.384. The molecule has 0 unspecified atom stereocenters. The van der Waals surface area contributed by atoms with Gasteiger partial charge in [0.2, 0.25) is 0 Å². The number of pyridine rings is 1. The lowest BCUT2D eigenvalue weighted by Gasteiger charge is -2.04. The zero-order valence-electron chi connectivity index (χ0n) is 7.08. The van der Waals surface area contributed by atoms with Crippen molar-refractivity contribution >= 4 is 28.9 Å². The molecule has 0 fully saturated rings. The van der Waals surface area contributed by atoms with Gasteiger partial charge in [0.1, 0.15) is 10.7 Å². The minimum absolute atomic E-state index is 0.0110. The van der Waals surface area contributed by atoms with Crippen LogP contribution in [0.4, 0.5) is 14.5 Å². The lowest BCUT2D eigenvalue weighted by atomic mass is 10.2. The molecule has 0 aliphatic rings. The second kappa shape index (κ2) is 4.67. The molecule has 0 spiro atoms. The van der Waals surface area contributed by atoms with E-state index < -0.39 is 27.8 Å². The van der Waals surface area contributed by atoms with Crippen LogP contribution < -0.4 is 0 Å². The Morgan fingerprint density at radius 3 is 2.60 bits per heavy atom. The van der Waals surface area contributed by atoms with Gasteiger partial charge in [-0.25, -0.2) is 13.8 Å². The average molecular weight is 257 g/mol. The number of alkyl halides is 3. The molecule has 0 aliphatic carbocycles. The molecule has 1 aromatic heterocycles. The van der Waals surface area contributed by atoms with Gasteiger partial charge in [-0.15, -0.1) is 11.6 Å². The highest BCUT2D eigenvalue weighted by Gasteiger charge is 2.24. The van der Waals surface area contributed by atoms with Crippen LogP contribution in [0.15, 0.2) is 6.07 Å². The van der Waals surface area contributed by atoms with Crippen LogP contribution in [-0.2, 0) is 5.88 Å². The molecule has 0 bridgehead atoms. The molecule has 1 rings (SSSR count). The maximum absolute atomic E-state index is 12.4. The Morgan fingerprint density at radius 2 is 2.20 bits per heavy atom. The molecular formula is C7H4Cl2F2N2O2. The number of halogens is 4. The monoisotopic (exact) mass is 256 g/mol. The topological polar surface area (TPSA) is 56.0 Å². The maximum atomic E-state index is 12.4. The van der Waals surface area contributed by atoms with Crippen molar-refractivity contribution in [3.63, 3.8) is 0 Å². The molecule has 0 radical (unpaired) electrons. The van der Waals surface area contributed by atoms with Crippen LogP contribution in [0.25, 0.3) is 0 Å². The van der Waals surface area contributed by atoms with Crippen molar-refractivity contribution < 1.29 is 13.7 Å². The van der Waals surface area contributed by atoms with E-state index in [1.807, 2.05) is 0 Å². The Hall–Kier alpha value is -1.01. The Labute approximate surface area is 93.0 Å². The zero-order valence-corrected chi connectivity index (χ0v) is 8.60. The summed E-state index contributed by atoms with van der Waals surface area (Å²) in [6.45, 7) is 0. The van der Waals surface area contributed by atoms with E-state index in [-0.39, 0.29) is 11.6 Å². The zero-order chi connectivity index (χ0) is 11.6. The van der Waals surface area contributed by atoms with Crippen LogP contribution in [0.3, 0.4) is 0 Å². The summed E-state index contributed by atoms with van der Waals surface area (Å²) in [5.41, 5.74) is -1.44. The first-order chi connectivity index (χ1) is 6.97. The molecule has 0 N–H and O–H groups in total. The number of nitrogens with zero attached hydrogens (tertiary/aromatic N) is 2. The number of rotatable bonds is 3. The van der Waals surface area contributed by atoms with E-state index >= 15 is 0 Å². The number of nitro groups is 1. The van der Waals surface area contributed by atoms with Crippen molar-refractivity contribution in [3.05, 3.63) is 32.6 Å². The summed E-state index contributed by atoms with van der Waals surface area (Å²) in [5.74, 6) is -0.197. The van der Waals surface area contributed by atoms with Crippen LogP contribution in [0.5, 0.6) is 0 Å². The van der Waals surface area contributed by atoms with Crippen molar-refractivity contribution in [2.45, 2.75) is 12.3 Å². The normalized spacial score (nSPS) is 10.7. The van der Waals surface area contributed by atoms with Gasteiger partial charge in [-0.1, -0.05) is 11.6 Å². The molecule has 0 aromatic carbocycles. The lowest BCUT2D eigenvalue weighted by Crippen LogP contribution is -2.00. The number of hydrogen-bond donors (Lipinski definition) is 0. The van der Waals surface area contributed by atoms with Gasteiger partial charge in [-0.05, 0) is 0 Å². The standard InChI is InChI=1S/C7H4Cl2F2N2O2/c8-2-3-1-4(13(14)15)5(9)6(12-3)7(10)11/h1,7H,2H2. The summed E-state index contributed by atoms with van der Waals surface area (Å²) in [7, 11) is 0. The van der Waals surface area contributed by atoms with Gasteiger partial charge in [0, 0.05) is 6.07 Å². The smallest absolute Gasteiger partial charge is 0.258 e. The summed E-state index contributed by atoms with van der Waals surface area (Å²) in [6.07, 6.45) is -2.97. The molecule has 1 aromatic rings. The van der Waals surface area contributed by atoms with Crippen LogP contribution in [0.2, 0.25) is 5.02 Å². The molecule has 0 saturated heterocycles. The van der Waals surface area contributed by atoms with E-state index in [1.165, 1.54) is 0 Å². The fraction of sp³-hybridized carbons (Fsp3) is 0.286. The molecule has 8 heteroatoms. The molecule has 1 heterocycles. The predicted molar refractivity (Wildman–Crippen MR) is 50.4 cm³/mol. The molecule has 0 saturated carbocycles. The minimum atomic E-state index is -2.97. The van der Waals surface area contributed by atoms with Crippen LogP contribution in [-0.4, -0.2) is 9.91 Å². The number of aromatic nitrogens is 1. The van der Waals surface area contributed by atoms with E-state index in [4.69, 9.17) is 23.2 Å². The molecule has 82 valence electrons. The van der Waals surface area contributed by atoms with E-state index in [2.05, 4.69) is 4.98 Å². The third kappa shape index (κ3) is 2.51. The molecule has 0 amide bonds. The second-order valence-electron chi connectivity index (χ2n) is 2.52. The summed E-state index contributed by atoms with van der Waals surface area (Å²) < 4.78 is 24.7. The fourth-order valence-electron chi connectivity index (χ4n) is 0.934. The first-order valence-electron chi connectivity index (χ1n) is 3.65. The average Bonchev–Trinajstić information content (AvgIpc) is 2.17. The Morgan fingerprint density at radius 1 is 1.60 bits per heavy atom. The van der Waals surface area contributed by atoms with E-state index in [0.29, 0.717) is 0 Å². The van der Waals surface area contributed by atoms with Crippen molar-refractivity contribution in [3.8, 4) is 0 Å². The van der Waals surface area contributed by atoms with E-state index in [0.717, 1.165) is 6.07 Å². The Balaban J connectivity index is 3.40. The maximum Gasteiger partial charge on any atom is 0.291 e. The second-order valence-corrected chi connectivity index (χ2v) is 3.17. The first kappa shape index (κ1) is 12.1. The Kier molecular flexibility index (Phi) is 3.76. The van der Waals surface area contributed by atoms with E-state index in [1.54, 1.807) is 0 Å². The SMILES string of the molecule is O=[N+]([O-])c1cc(CCl)nc(C(F)F)c1Cl. The predicted octanol–water partition coefficient (Wildman–Crippen LogP) is 3.32. The van der Waals surface area contributed by atoms with Crippen molar-refractivity contribution in [1.82, 2.24) is 4.98 Å². The van der Waals surface area contributed by atoms with Crippen LogP contribution in [0, 0.1) is 10.1 Å². The van der Waals surface area contributed by atoms with Gasteiger partial charge in [0.25, 0.3) is 12.1 Å². The third-order valence-electron chi connectivity index (χ3n) is 1.56. The van der Waals surface area contributed by atoms with E-state index in [9.17, 15) is 18.9 Å². The van der Waals surface area contributed by atoms with Crippen LogP contribution >= 0.6 is 23.2 Å². The summed E-state index contributed by atoms with van der Waals surface area (Å²) in [6, 6.07) is 0.973. The molecular weight excluding hydrogens is 253 g/mol. The van der Waals surface area contributed by atoms with Crippen molar-refractivity contribution in [1.29, 1.82) is 0 Å². The van der Waals surface area contributed by atoms with Gasteiger partial charge >= 0.3 is 0 Å². The number of hydrogen-bond acceptors (Lipinski definition) is 3. The third-order valence-corrected chi connectivity index (χ3v) is 2.22. The highest BCUT2D eigenvalue weighted by Crippen LogP contribution is 2.33. The first-order valence-corrected chi connectivity index (χ1v) is 4.56. The summed E-state index contributed by atoms with van der Waals surface area (Å²) in [5, 5.41) is 9.82. The summed E-state index contributed by atoms with van der Waals surface area (Å²) in [4.78, 5) is 13.0. The Bertz CT molecular complexity index is 401. The van der Waals surface area contributed by atoms with Gasteiger partial charge in [0.05, 0.1) is 16.5 Å². The van der Waals surface area contributed by atoms with Crippen LogP contribution in [0.1, 0.15) is 17.8 Å². The van der Waals surface area contributed by atoms with Gasteiger partial charge in [-0.2, -0.15) is 0 Å². The minimum Gasteiger partial charge on any atom is -0.258 e. The largest absolute Gasteiger partial charge is 0.291 e.